The van der Waals surface area contributed by atoms with Crippen molar-refractivity contribution in [2.24, 2.45) is 0 Å². The van der Waals surface area contributed by atoms with Crippen LogP contribution in [0.1, 0.15) is 10.4 Å². The molecule has 0 radical (unpaired) electrons. The van der Waals surface area contributed by atoms with Crippen molar-refractivity contribution in [1.29, 1.82) is 0 Å². The van der Waals surface area contributed by atoms with Crippen LogP contribution in [-0.4, -0.2) is 35.9 Å². The molecule has 0 aliphatic carbocycles. The normalized spacial score (nSPS) is 10.3. The Morgan fingerprint density at radius 2 is 1.93 bits per heavy atom. The van der Waals surface area contributed by atoms with Gasteiger partial charge in [-0.05, 0) is 42.5 Å². The van der Waals surface area contributed by atoms with E-state index in [1.165, 1.54) is 18.2 Å². The molecule has 1 aromatic heterocycles. The summed E-state index contributed by atoms with van der Waals surface area (Å²) in [6.07, 6.45) is 2.64. The zero-order valence-electron chi connectivity index (χ0n) is 14.7. The molecule has 0 bridgehead atoms. The van der Waals surface area contributed by atoms with Crippen LogP contribution in [0.25, 0.3) is 5.69 Å². The molecule has 0 unspecified atom stereocenters. The Hall–Kier alpha value is -3.32. The summed E-state index contributed by atoms with van der Waals surface area (Å²) in [5, 5.41) is 7.58. The third-order valence-electron chi connectivity index (χ3n) is 3.88. The maximum absolute atomic E-state index is 12.4. The Bertz CT molecular complexity index is 969. The van der Waals surface area contributed by atoms with Gasteiger partial charge < -0.3 is 10.1 Å². The monoisotopic (exact) mass is 384 g/mol. The Balaban J connectivity index is 1.70. The van der Waals surface area contributed by atoms with Crippen LogP contribution in [0, 0.1) is 0 Å². The minimum Gasteiger partial charge on any atom is -0.452 e. The van der Waals surface area contributed by atoms with E-state index in [-0.39, 0.29) is 5.91 Å². The van der Waals surface area contributed by atoms with Crippen molar-refractivity contribution in [2.45, 2.75) is 0 Å². The number of methoxy groups -OCH3 is 1. The number of amides is 2. The number of carbonyl (C=O) groups excluding carboxylic acids is 2. The Morgan fingerprint density at radius 1 is 1.19 bits per heavy atom. The van der Waals surface area contributed by atoms with E-state index < -0.39 is 6.09 Å². The Labute approximate surface area is 161 Å². The van der Waals surface area contributed by atoms with Crippen LogP contribution in [0.5, 0.6) is 0 Å². The summed E-state index contributed by atoms with van der Waals surface area (Å²) in [6, 6.07) is 14.0. The van der Waals surface area contributed by atoms with Crippen molar-refractivity contribution >= 4 is 35.0 Å². The van der Waals surface area contributed by atoms with E-state index in [0.717, 1.165) is 5.69 Å². The van der Waals surface area contributed by atoms with E-state index >= 15 is 0 Å². The van der Waals surface area contributed by atoms with Crippen LogP contribution >= 0.6 is 11.6 Å². The smallest absolute Gasteiger partial charge is 0.413 e. The Kier molecular flexibility index (Phi) is 5.42. The largest absolute Gasteiger partial charge is 0.452 e. The summed E-state index contributed by atoms with van der Waals surface area (Å²) >= 11 is 5.98. The van der Waals surface area contributed by atoms with Crippen LogP contribution in [-0.2, 0) is 4.74 Å². The maximum Gasteiger partial charge on any atom is 0.413 e. The van der Waals surface area contributed by atoms with Crippen LogP contribution in [0.3, 0.4) is 0 Å². The fourth-order valence-corrected chi connectivity index (χ4v) is 2.60. The molecule has 0 atom stereocenters. The average molecular weight is 385 g/mol. The number of halogens is 1. The molecule has 0 saturated carbocycles. The van der Waals surface area contributed by atoms with Gasteiger partial charge in [0.2, 0.25) is 0 Å². The lowest BCUT2D eigenvalue weighted by atomic mass is 10.2. The summed E-state index contributed by atoms with van der Waals surface area (Å²) < 4.78 is 6.24. The van der Waals surface area contributed by atoms with Crippen molar-refractivity contribution in [1.82, 2.24) is 9.78 Å². The van der Waals surface area contributed by atoms with E-state index in [4.69, 9.17) is 11.6 Å². The van der Waals surface area contributed by atoms with Gasteiger partial charge in [0, 0.05) is 29.6 Å². The number of nitrogens with one attached hydrogen (secondary N) is 1. The number of hydrogen-bond acceptors (Lipinski definition) is 4. The van der Waals surface area contributed by atoms with E-state index in [0.29, 0.717) is 22.0 Å². The van der Waals surface area contributed by atoms with Crippen molar-refractivity contribution in [3.8, 4) is 5.69 Å². The molecule has 3 rings (SSSR count). The zero-order chi connectivity index (χ0) is 19.4. The first-order chi connectivity index (χ1) is 13.0. The van der Waals surface area contributed by atoms with E-state index in [2.05, 4.69) is 15.2 Å². The molecule has 2 amide bonds. The highest BCUT2D eigenvalue weighted by Crippen LogP contribution is 2.19. The molecule has 8 heteroatoms. The first-order valence-corrected chi connectivity index (χ1v) is 8.39. The molecular weight excluding hydrogens is 368 g/mol. The van der Waals surface area contributed by atoms with Crippen LogP contribution in [0.2, 0.25) is 5.02 Å². The fourth-order valence-electron chi connectivity index (χ4n) is 2.41. The summed E-state index contributed by atoms with van der Waals surface area (Å²) in [6.45, 7) is 0. The van der Waals surface area contributed by atoms with Crippen LogP contribution in [0.15, 0.2) is 60.9 Å². The van der Waals surface area contributed by atoms with Crippen molar-refractivity contribution in [3.63, 3.8) is 0 Å². The molecule has 3 aromatic rings. The lowest BCUT2D eigenvalue weighted by Crippen LogP contribution is -2.25. The highest BCUT2D eigenvalue weighted by Gasteiger charge is 2.12. The number of nitrogens with zero attached hydrogens (tertiary/aromatic N) is 3. The second-order valence-corrected chi connectivity index (χ2v) is 6.12. The molecule has 0 fully saturated rings. The molecule has 27 heavy (non-hydrogen) atoms. The number of ether oxygens (including phenoxy) is 1. The molecule has 0 aliphatic heterocycles. The van der Waals surface area contributed by atoms with Crippen molar-refractivity contribution < 1.29 is 14.3 Å². The van der Waals surface area contributed by atoms with Gasteiger partial charge in [-0.25, -0.2) is 9.48 Å². The number of hydrogen-bond donors (Lipinski definition) is 1. The lowest BCUT2D eigenvalue weighted by molar-refractivity contribution is 0.102. The second-order valence-electron chi connectivity index (χ2n) is 5.68. The third-order valence-corrected chi connectivity index (χ3v) is 4.11. The minimum absolute atomic E-state index is 0.294. The molecule has 2 aromatic carbocycles. The van der Waals surface area contributed by atoms with Gasteiger partial charge in [0.15, 0.2) is 0 Å². The topological polar surface area (TPSA) is 76.5 Å². The molecular formula is C19H17ClN4O3. The second kappa shape index (κ2) is 7.92. The first kappa shape index (κ1) is 18.5. The molecule has 0 saturated heterocycles. The first-order valence-electron chi connectivity index (χ1n) is 8.01. The van der Waals surface area contributed by atoms with Gasteiger partial charge >= 0.3 is 6.09 Å². The number of rotatable bonds is 4. The molecule has 0 spiro atoms. The summed E-state index contributed by atoms with van der Waals surface area (Å²) in [5.74, 6) is -0.294. The van der Waals surface area contributed by atoms with Gasteiger partial charge in [-0.3, -0.25) is 9.69 Å². The molecule has 1 heterocycles. The third kappa shape index (κ3) is 4.27. The predicted octanol–water partition coefficient (Wildman–Crippen LogP) is 3.98. The number of carbonyl (C=O) groups is 2. The summed E-state index contributed by atoms with van der Waals surface area (Å²) in [7, 11) is 2.92. The predicted molar refractivity (Wildman–Crippen MR) is 104 cm³/mol. The SMILES string of the molecule is COC(=O)N(C)c1ccc(NC(=O)c2cnn(-c3cccc(Cl)c3)c2)cc1. The average Bonchev–Trinajstić information content (AvgIpc) is 3.18. The minimum atomic E-state index is -0.472. The van der Waals surface area contributed by atoms with Gasteiger partial charge in [-0.1, -0.05) is 17.7 Å². The molecule has 7 nitrogen and oxygen atoms in total. The number of anilines is 2. The van der Waals surface area contributed by atoms with E-state index in [1.54, 1.807) is 54.3 Å². The van der Waals surface area contributed by atoms with Crippen molar-refractivity contribution in [2.75, 3.05) is 24.4 Å². The highest BCUT2D eigenvalue weighted by molar-refractivity contribution is 6.30. The van der Waals surface area contributed by atoms with Crippen molar-refractivity contribution in [3.05, 3.63) is 71.5 Å². The maximum atomic E-state index is 12.4. The van der Waals surface area contributed by atoms with Gasteiger partial charge in [0.25, 0.3) is 5.91 Å². The van der Waals surface area contributed by atoms with Gasteiger partial charge in [-0.15, -0.1) is 0 Å². The van der Waals surface area contributed by atoms with Crippen LogP contribution < -0.4 is 10.2 Å². The summed E-state index contributed by atoms with van der Waals surface area (Å²) in [4.78, 5) is 25.3. The van der Waals surface area contributed by atoms with Crippen LogP contribution in [0.4, 0.5) is 16.2 Å². The Morgan fingerprint density at radius 3 is 2.59 bits per heavy atom. The summed E-state index contributed by atoms with van der Waals surface area (Å²) in [5.41, 5.74) is 2.41. The molecule has 0 aliphatic rings. The van der Waals surface area contributed by atoms with Gasteiger partial charge in [0.1, 0.15) is 0 Å². The quantitative estimate of drug-likeness (QED) is 0.738. The fraction of sp³-hybridized carbons (Fsp3) is 0.105. The standard InChI is InChI=1S/C19H17ClN4O3/c1-23(19(26)27-2)16-8-6-15(7-9-16)22-18(25)13-11-21-24(12-13)17-5-3-4-14(20)10-17/h3-12H,1-2H3,(H,22,25). The molecule has 1 N–H and O–H groups in total. The number of benzene rings is 2. The lowest BCUT2D eigenvalue weighted by Gasteiger charge is -2.15. The van der Waals surface area contributed by atoms with Gasteiger partial charge in [0.05, 0.1) is 24.6 Å². The van der Waals surface area contributed by atoms with E-state index in [1.807, 2.05) is 12.1 Å². The number of aromatic nitrogens is 2. The van der Waals surface area contributed by atoms with E-state index in [9.17, 15) is 9.59 Å². The highest BCUT2D eigenvalue weighted by atomic mass is 35.5. The van der Waals surface area contributed by atoms with Gasteiger partial charge in [-0.2, -0.15) is 5.10 Å². The molecule has 138 valence electrons. The zero-order valence-corrected chi connectivity index (χ0v) is 15.5.